The highest BCUT2D eigenvalue weighted by Gasteiger charge is 2.20. The molecule has 28 heavy (non-hydrogen) atoms. The van der Waals surface area contributed by atoms with E-state index < -0.39 is 0 Å². The minimum Gasteiger partial charge on any atom is -0.350 e. The van der Waals surface area contributed by atoms with Crippen LogP contribution in [0.5, 0.6) is 0 Å². The van der Waals surface area contributed by atoms with E-state index in [4.69, 9.17) is 16.6 Å². The van der Waals surface area contributed by atoms with Gasteiger partial charge in [0.1, 0.15) is 0 Å². The number of piperazine rings is 1. The molecule has 3 aromatic rings. The van der Waals surface area contributed by atoms with E-state index >= 15 is 0 Å². The van der Waals surface area contributed by atoms with Crippen LogP contribution in [-0.2, 0) is 6.42 Å². The number of anilines is 1. The molecule has 1 aliphatic heterocycles. The molecule has 1 amide bonds. The van der Waals surface area contributed by atoms with Crippen LogP contribution in [0, 0.1) is 0 Å². The van der Waals surface area contributed by atoms with Crippen molar-refractivity contribution in [3.63, 3.8) is 0 Å². The molecule has 2 aromatic heterocycles. The van der Waals surface area contributed by atoms with Crippen molar-refractivity contribution in [2.24, 2.45) is 0 Å². The lowest BCUT2D eigenvalue weighted by atomic mass is 10.1. The van der Waals surface area contributed by atoms with Gasteiger partial charge in [-0.3, -0.25) is 9.69 Å². The predicted molar refractivity (Wildman–Crippen MR) is 119 cm³/mol. The molecule has 0 unspecified atom stereocenters. The lowest BCUT2D eigenvalue weighted by Gasteiger charge is -2.34. The molecule has 1 aromatic carbocycles. The summed E-state index contributed by atoms with van der Waals surface area (Å²) in [7, 11) is 0. The quantitative estimate of drug-likeness (QED) is 0.633. The van der Waals surface area contributed by atoms with Gasteiger partial charge in [0, 0.05) is 39.3 Å². The Kier molecular flexibility index (Phi) is 6.16. The summed E-state index contributed by atoms with van der Waals surface area (Å²) in [5.41, 5.74) is 2.48. The van der Waals surface area contributed by atoms with Gasteiger partial charge in [-0.05, 0) is 30.2 Å². The highest BCUT2D eigenvalue weighted by molar-refractivity contribution is 7.22. The fraction of sp³-hybridized carbons (Fsp3) is 0.400. The number of thiophene rings is 1. The normalized spacial score (nSPS) is 15.3. The zero-order chi connectivity index (χ0) is 19.5. The number of rotatable bonds is 6. The van der Waals surface area contributed by atoms with E-state index in [-0.39, 0.29) is 5.91 Å². The van der Waals surface area contributed by atoms with Crippen LogP contribution in [-0.4, -0.2) is 55.1 Å². The molecule has 5 nitrogen and oxygen atoms in total. The van der Waals surface area contributed by atoms with Gasteiger partial charge in [-0.2, -0.15) is 0 Å². The summed E-state index contributed by atoms with van der Waals surface area (Å²) in [4.78, 5) is 22.4. The number of halogens is 1. The Labute approximate surface area is 177 Å². The second-order valence-electron chi connectivity index (χ2n) is 6.80. The molecule has 8 heteroatoms. The van der Waals surface area contributed by atoms with Gasteiger partial charge < -0.3 is 10.2 Å². The van der Waals surface area contributed by atoms with E-state index in [1.54, 1.807) is 23.5 Å². The topological polar surface area (TPSA) is 48.5 Å². The second-order valence-corrected chi connectivity index (χ2v) is 9.53. The molecule has 1 N–H and O–H groups in total. The maximum absolute atomic E-state index is 12.1. The standard InChI is InChI=1S/C20H23ClN4OS2/c1-2-14-4-3-5-15-18(14)23-20(28-15)25-12-10-24(11-13-25)9-8-22-19(26)16-6-7-17(21)27-16/h3-7H,2,8-13H2,1H3,(H,22,26). The minimum atomic E-state index is -0.0447. The Morgan fingerprint density at radius 1 is 1.18 bits per heavy atom. The summed E-state index contributed by atoms with van der Waals surface area (Å²) < 4.78 is 1.91. The number of amides is 1. The van der Waals surface area contributed by atoms with E-state index in [1.165, 1.54) is 21.6 Å². The van der Waals surface area contributed by atoms with E-state index in [1.807, 2.05) is 0 Å². The number of fused-ring (bicyclic) bond motifs is 1. The third kappa shape index (κ3) is 4.33. The van der Waals surface area contributed by atoms with E-state index in [0.29, 0.717) is 15.8 Å². The Morgan fingerprint density at radius 2 is 2.00 bits per heavy atom. The first-order valence-corrected chi connectivity index (χ1v) is 11.5. The highest BCUT2D eigenvalue weighted by atomic mass is 35.5. The third-order valence-electron chi connectivity index (χ3n) is 5.03. The third-order valence-corrected chi connectivity index (χ3v) is 7.34. The lowest BCUT2D eigenvalue weighted by Crippen LogP contribution is -2.48. The summed E-state index contributed by atoms with van der Waals surface area (Å²) in [5.74, 6) is -0.0447. The molecular weight excluding hydrogens is 412 g/mol. The molecule has 0 bridgehead atoms. The number of aryl methyl sites for hydroxylation is 1. The van der Waals surface area contributed by atoms with Crippen molar-refractivity contribution in [2.45, 2.75) is 13.3 Å². The molecule has 1 fully saturated rings. The number of carbonyl (C=O) groups excluding carboxylic acids is 1. The van der Waals surface area contributed by atoms with Crippen LogP contribution in [0.25, 0.3) is 10.2 Å². The molecule has 1 saturated heterocycles. The number of nitrogens with zero attached hydrogens (tertiary/aromatic N) is 3. The van der Waals surface area contributed by atoms with E-state index in [0.717, 1.165) is 49.8 Å². The monoisotopic (exact) mass is 434 g/mol. The zero-order valence-corrected chi connectivity index (χ0v) is 18.2. The number of hydrogen-bond donors (Lipinski definition) is 1. The van der Waals surface area contributed by atoms with Crippen LogP contribution in [0.2, 0.25) is 4.34 Å². The molecule has 0 radical (unpaired) electrons. The van der Waals surface area contributed by atoms with E-state index in [9.17, 15) is 4.79 Å². The van der Waals surface area contributed by atoms with Gasteiger partial charge in [-0.25, -0.2) is 4.98 Å². The average molecular weight is 435 g/mol. The number of aromatic nitrogens is 1. The summed E-state index contributed by atoms with van der Waals surface area (Å²) in [6.45, 7) is 7.59. The van der Waals surface area contributed by atoms with Crippen LogP contribution >= 0.6 is 34.3 Å². The van der Waals surface area contributed by atoms with Crippen molar-refractivity contribution in [3.8, 4) is 0 Å². The Morgan fingerprint density at radius 3 is 2.71 bits per heavy atom. The molecule has 0 atom stereocenters. The van der Waals surface area contributed by atoms with Gasteiger partial charge in [-0.15, -0.1) is 11.3 Å². The van der Waals surface area contributed by atoms with Crippen molar-refractivity contribution < 1.29 is 4.79 Å². The first-order valence-electron chi connectivity index (χ1n) is 9.53. The maximum atomic E-state index is 12.1. The first kappa shape index (κ1) is 19.6. The van der Waals surface area contributed by atoms with Crippen molar-refractivity contribution in [2.75, 3.05) is 44.2 Å². The van der Waals surface area contributed by atoms with Gasteiger partial charge in [0.05, 0.1) is 19.4 Å². The highest BCUT2D eigenvalue weighted by Crippen LogP contribution is 2.31. The number of carbonyl (C=O) groups is 1. The molecule has 148 valence electrons. The van der Waals surface area contributed by atoms with Crippen molar-refractivity contribution >= 4 is 55.5 Å². The molecule has 0 aliphatic carbocycles. The minimum absolute atomic E-state index is 0.0447. The molecule has 0 saturated carbocycles. The Hall–Kier alpha value is -1.67. The van der Waals surface area contributed by atoms with Gasteiger partial charge in [0.15, 0.2) is 5.13 Å². The summed E-state index contributed by atoms with van der Waals surface area (Å²) in [5, 5.41) is 4.10. The smallest absolute Gasteiger partial charge is 0.261 e. The number of thiazole rings is 1. The first-order chi connectivity index (χ1) is 13.6. The maximum Gasteiger partial charge on any atom is 0.261 e. The number of benzene rings is 1. The number of nitrogens with one attached hydrogen (secondary N) is 1. The van der Waals surface area contributed by atoms with E-state index in [2.05, 4.69) is 40.2 Å². The van der Waals surface area contributed by atoms with Gasteiger partial charge in [0.2, 0.25) is 0 Å². The molecule has 3 heterocycles. The van der Waals surface area contributed by atoms with Crippen LogP contribution in [0.3, 0.4) is 0 Å². The second kappa shape index (κ2) is 8.78. The van der Waals surface area contributed by atoms with Gasteiger partial charge in [-0.1, -0.05) is 42.0 Å². The summed E-state index contributed by atoms with van der Waals surface area (Å²) in [6.07, 6.45) is 1.01. The Balaban J connectivity index is 1.27. The van der Waals surface area contributed by atoms with Crippen LogP contribution in [0.4, 0.5) is 5.13 Å². The average Bonchev–Trinajstić information content (AvgIpc) is 3.34. The van der Waals surface area contributed by atoms with Crippen LogP contribution < -0.4 is 10.2 Å². The predicted octanol–water partition coefficient (Wildman–Crippen LogP) is 4.13. The zero-order valence-electron chi connectivity index (χ0n) is 15.8. The van der Waals surface area contributed by atoms with Gasteiger partial charge >= 0.3 is 0 Å². The molecule has 0 spiro atoms. The van der Waals surface area contributed by atoms with Gasteiger partial charge in [0.25, 0.3) is 5.91 Å². The Bertz CT molecular complexity index is 962. The fourth-order valence-electron chi connectivity index (χ4n) is 3.43. The summed E-state index contributed by atoms with van der Waals surface area (Å²) in [6, 6.07) is 9.98. The van der Waals surface area contributed by atoms with Crippen LogP contribution in [0.1, 0.15) is 22.2 Å². The molecular formula is C20H23ClN4OS2. The molecule has 4 rings (SSSR count). The SMILES string of the molecule is CCc1cccc2sc(N3CCN(CCNC(=O)c4ccc(Cl)s4)CC3)nc12. The van der Waals surface area contributed by atoms with Crippen molar-refractivity contribution in [3.05, 3.63) is 45.1 Å². The lowest BCUT2D eigenvalue weighted by molar-refractivity contribution is 0.0952. The van der Waals surface area contributed by atoms with Crippen molar-refractivity contribution in [1.29, 1.82) is 0 Å². The largest absolute Gasteiger partial charge is 0.350 e. The number of para-hydroxylation sites is 1. The van der Waals surface area contributed by atoms with Crippen molar-refractivity contribution in [1.82, 2.24) is 15.2 Å². The number of hydrogen-bond acceptors (Lipinski definition) is 6. The molecule has 1 aliphatic rings. The fourth-order valence-corrected chi connectivity index (χ4v) is 5.45. The summed E-state index contributed by atoms with van der Waals surface area (Å²) >= 11 is 8.99. The van der Waals surface area contributed by atoms with Crippen LogP contribution in [0.15, 0.2) is 30.3 Å².